The van der Waals surface area contributed by atoms with Crippen LogP contribution >= 0.6 is 0 Å². The highest BCUT2D eigenvalue weighted by Gasteiger charge is 2.41. The van der Waals surface area contributed by atoms with Crippen LogP contribution in [0.15, 0.2) is 218 Å². The Morgan fingerprint density at radius 2 is 0.609 bits per heavy atom. The molecule has 3 aromatic heterocycles. The van der Waals surface area contributed by atoms with Crippen molar-refractivity contribution in [1.82, 2.24) is 24.5 Å². The molecule has 12 aromatic rings. The van der Waals surface area contributed by atoms with Crippen molar-refractivity contribution in [2.24, 2.45) is 0 Å². The van der Waals surface area contributed by atoms with Gasteiger partial charge in [-0.3, -0.25) is 0 Å². The maximum atomic E-state index is 16.1. The van der Waals surface area contributed by atoms with E-state index in [0.29, 0.717) is 46.5 Å². The largest absolute Gasteiger partial charge is 0.417 e. The molecule has 0 N–H and O–H groups in total. The van der Waals surface area contributed by atoms with E-state index in [1.165, 1.54) is 22.8 Å². The summed E-state index contributed by atoms with van der Waals surface area (Å²) in [7, 11) is 0. The summed E-state index contributed by atoms with van der Waals surface area (Å²) in [5, 5.41) is 0.171. The zero-order valence-corrected chi connectivity index (χ0v) is 44.2. The summed E-state index contributed by atoms with van der Waals surface area (Å²) in [6.45, 7) is 0. The van der Waals surface area contributed by atoms with Crippen molar-refractivity contribution in [1.29, 1.82) is 0 Å². The molecule has 0 atom stereocenters. The molecule has 0 saturated heterocycles. The molecule has 20 heteroatoms. The third-order valence-corrected chi connectivity index (χ3v) is 14.6. The number of aromatic nitrogens is 5. The third kappa shape index (κ3) is 11.3. The van der Waals surface area contributed by atoms with Crippen LogP contribution in [-0.4, -0.2) is 24.5 Å². The number of nitrogens with zero attached hydrogens (tertiary/aromatic N) is 5. The van der Waals surface area contributed by atoms with Crippen LogP contribution in [0, 0.1) is 0 Å². The van der Waals surface area contributed by atoms with E-state index in [1.54, 1.807) is 127 Å². The van der Waals surface area contributed by atoms with Crippen molar-refractivity contribution >= 4 is 21.8 Å². The van der Waals surface area contributed by atoms with E-state index in [0.717, 1.165) is 36.4 Å². The van der Waals surface area contributed by atoms with Gasteiger partial charge in [0.15, 0.2) is 11.6 Å². The quantitative estimate of drug-likeness (QED) is 0.135. The molecule has 0 unspecified atom stereocenters. The molecule has 12 rings (SSSR count). The maximum absolute atomic E-state index is 16.1. The van der Waals surface area contributed by atoms with E-state index in [2.05, 4.69) is 0 Å². The monoisotopic (exact) mass is 1200 g/mol. The number of benzene rings is 9. The number of halogens is 15. The SMILES string of the molecule is FC(F)(F)c1cc(-c2cc(-c3ccccc3)nc(-c3ccccc3)n2)c(-n2c3cc(-c4ccc(C(F)(F)F)cc4C(F)(F)F)ccc3c3ccc(-c4ccc(C(F)(F)F)cc4C(F)(F)F)cc32)c(-c2nc(-c3ccccc3)cc(-c3ccccc3)n2)c1. The van der Waals surface area contributed by atoms with Gasteiger partial charge in [0.1, 0.15) is 0 Å². The molecule has 0 fully saturated rings. The molecule has 0 amide bonds. The summed E-state index contributed by atoms with van der Waals surface area (Å²) in [5.41, 5.74) is -9.75. The van der Waals surface area contributed by atoms with E-state index in [-0.39, 0.29) is 79.4 Å². The summed E-state index contributed by atoms with van der Waals surface area (Å²) in [6.07, 6.45) is -26.5. The zero-order valence-electron chi connectivity index (χ0n) is 44.2. The van der Waals surface area contributed by atoms with Gasteiger partial charge < -0.3 is 4.57 Å². The minimum Gasteiger partial charge on any atom is -0.308 e. The molecule has 0 saturated carbocycles. The molecule has 0 spiro atoms. The summed E-state index contributed by atoms with van der Waals surface area (Å²) in [4.78, 5) is 19.6. The van der Waals surface area contributed by atoms with Crippen molar-refractivity contribution in [3.8, 4) is 95.7 Å². The fourth-order valence-electron chi connectivity index (χ4n) is 10.6. The molecule has 0 bridgehead atoms. The van der Waals surface area contributed by atoms with Gasteiger partial charge >= 0.3 is 30.9 Å². The van der Waals surface area contributed by atoms with Gasteiger partial charge in [-0.2, -0.15) is 65.9 Å². The maximum Gasteiger partial charge on any atom is 0.417 e. The summed E-state index contributed by atoms with van der Waals surface area (Å²) >= 11 is 0. The van der Waals surface area contributed by atoms with Crippen LogP contribution in [0.25, 0.3) is 118 Å². The van der Waals surface area contributed by atoms with Gasteiger partial charge in [-0.05, 0) is 82.9 Å². The fourth-order valence-corrected chi connectivity index (χ4v) is 10.6. The van der Waals surface area contributed by atoms with Crippen LogP contribution in [0.4, 0.5) is 65.9 Å². The van der Waals surface area contributed by atoms with Crippen molar-refractivity contribution in [2.75, 3.05) is 0 Å². The zero-order chi connectivity index (χ0) is 61.4. The van der Waals surface area contributed by atoms with Crippen molar-refractivity contribution in [3.63, 3.8) is 0 Å². The minimum absolute atomic E-state index is 0.0127. The lowest BCUT2D eigenvalue weighted by molar-refractivity contribution is -0.144. The highest BCUT2D eigenvalue weighted by molar-refractivity contribution is 6.12. The third-order valence-electron chi connectivity index (χ3n) is 14.6. The van der Waals surface area contributed by atoms with E-state index >= 15 is 39.5 Å². The Morgan fingerprint density at radius 1 is 0.253 bits per heavy atom. The van der Waals surface area contributed by atoms with Gasteiger partial charge in [-0.1, -0.05) is 158 Å². The lowest BCUT2D eigenvalue weighted by Crippen LogP contribution is -2.12. The number of rotatable bonds is 9. The summed E-state index contributed by atoms with van der Waals surface area (Å²) < 4.78 is 225. The van der Waals surface area contributed by atoms with Crippen molar-refractivity contribution in [3.05, 3.63) is 246 Å². The number of hydrogen-bond donors (Lipinski definition) is 0. The van der Waals surface area contributed by atoms with E-state index in [9.17, 15) is 26.3 Å². The number of hydrogen-bond acceptors (Lipinski definition) is 4. The molecule has 0 aliphatic heterocycles. The number of fused-ring (bicyclic) bond motifs is 3. The highest BCUT2D eigenvalue weighted by atomic mass is 19.4. The molecule has 0 aliphatic carbocycles. The van der Waals surface area contributed by atoms with Gasteiger partial charge in [0, 0.05) is 44.2 Å². The Kier molecular flexibility index (Phi) is 14.1. The molecule has 434 valence electrons. The second-order valence-corrected chi connectivity index (χ2v) is 20.1. The Balaban J connectivity index is 1.29. The number of alkyl halides is 15. The Hall–Kier alpha value is -10.1. The van der Waals surface area contributed by atoms with Crippen molar-refractivity contribution < 1.29 is 65.9 Å². The first kappa shape index (κ1) is 57.3. The van der Waals surface area contributed by atoms with Crippen molar-refractivity contribution in [2.45, 2.75) is 30.9 Å². The predicted octanol–water partition coefficient (Wildman–Crippen LogP) is 20.8. The second-order valence-electron chi connectivity index (χ2n) is 20.1. The van der Waals surface area contributed by atoms with Crippen LogP contribution in [-0.2, 0) is 30.9 Å². The van der Waals surface area contributed by atoms with E-state index in [1.807, 2.05) is 0 Å². The molecule has 9 aromatic carbocycles. The summed E-state index contributed by atoms with van der Waals surface area (Å²) in [5.74, 6) is -0.411. The van der Waals surface area contributed by atoms with Crippen LogP contribution < -0.4 is 0 Å². The highest BCUT2D eigenvalue weighted by Crippen LogP contribution is 2.49. The molecule has 0 aliphatic rings. The van der Waals surface area contributed by atoms with Gasteiger partial charge in [0.25, 0.3) is 0 Å². The Morgan fingerprint density at radius 3 is 1.00 bits per heavy atom. The minimum atomic E-state index is -5.42. The molecule has 87 heavy (non-hydrogen) atoms. The average molecular weight is 1200 g/mol. The molecule has 5 nitrogen and oxygen atoms in total. The molecule has 3 heterocycles. The van der Waals surface area contributed by atoms with Crippen LogP contribution in [0.5, 0.6) is 0 Å². The molecular weight excluding hydrogens is 1160 g/mol. The topological polar surface area (TPSA) is 56.5 Å². The first-order chi connectivity index (χ1) is 41.3. The standard InChI is InChI=1S/C67H36F15N5/c68-63(69,70)43-23-27-46(52(33-43)66(77,78)79)41-21-25-48-49-26-22-42(47-28-24-44(64(71,72)73)34-53(47)67(80,81)82)30-59(49)87(58(48)29-41)60-50(57-36-56(39-17-9-3-10-18-39)83-61(86-57)40-19-11-4-12-20-40)31-45(65(74,75)76)32-51(60)62-84-54(37-13-5-1-6-14-37)35-55(85-62)38-15-7-2-8-16-38/h1-36H. The normalized spacial score (nSPS) is 12.5. The van der Waals surface area contributed by atoms with Gasteiger partial charge in [-0.25, -0.2) is 19.9 Å². The second kappa shape index (κ2) is 21.4. The lowest BCUT2D eigenvalue weighted by Gasteiger charge is -2.22. The lowest BCUT2D eigenvalue weighted by atomic mass is 9.95. The average Bonchev–Trinajstić information content (AvgIpc) is 2.63. The smallest absolute Gasteiger partial charge is 0.308 e. The molecule has 0 radical (unpaired) electrons. The first-order valence-corrected chi connectivity index (χ1v) is 26.2. The van der Waals surface area contributed by atoms with E-state index < -0.39 is 86.8 Å². The fraction of sp³-hybridized carbons (Fsp3) is 0.0746. The van der Waals surface area contributed by atoms with Crippen LogP contribution in [0.1, 0.15) is 27.8 Å². The van der Waals surface area contributed by atoms with Crippen LogP contribution in [0.2, 0.25) is 0 Å². The van der Waals surface area contributed by atoms with Crippen LogP contribution in [0.3, 0.4) is 0 Å². The predicted molar refractivity (Wildman–Crippen MR) is 300 cm³/mol. The van der Waals surface area contributed by atoms with E-state index in [4.69, 9.17) is 19.9 Å². The summed E-state index contributed by atoms with van der Waals surface area (Å²) in [6, 6.07) is 47.2. The Labute approximate surface area is 483 Å². The van der Waals surface area contributed by atoms with Gasteiger partial charge in [-0.15, -0.1) is 0 Å². The molecular formula is C67H36F15N5. The Bertz CT molecular complexity index is 4200. The van der Waals surface area contributed by atoms with Gasteiger partial charge in [0.2, 0.25) is 0 Å². The first-order valence-electron chi connectivity index (χ1n) is 26.2. The van der Waals surface area contributed by atoms with Gasteiger partial charge in [0.05, 0.1) is 67.3 Å².